The molecule has 0 aromatic heterocycles. The number of halogens is 3. The van der Waals surface area contributed by atoms with Crippen molar-refractivity contribution in [1.29, 1.82) is 0 Å². The van der Waals surface area contributed by atoms with E-state index in [4.69, 9.17) is 4.74 Å². The highest BCUT2D eigenvalue weighted by atomic mass is 32.2. The quantitative estimate of drug-likeness (QED) is 0.402. The van der Waals surface area contributed by atoms with Crippen LogP contribution in [0.1, 0.15) is 23.6 Å². The first-order chi connectivity index (χ1) is 19.0. The number of carbonyl (C=O) groups is 1. The lowest BCUT2D eigenvalue weighted by Gasteiger charge is -2.38. The van der Waals surface area contributed by atoms with Crippen LogP contribution < -0.4 is 14.4 Å². The molecule has 0 aliphatic carbocycles. The van der Waals surface area contributed by atoms with Gasteiger partial charge in [-0.3, -0.25) is 4.79 Å². The molecule has 40 heavy (non-hydrogen) atoms. The summed E-state index contributed by atoms with van der Waals surface area (Å²) in [5, 5.41) is 0. The van der Waals surface area contributed by atoms with Crippen molar-refractivity contribution in [3.05, 3.63) is 89.5 Å². The number of amides is 1. The Morgan fingerprint density at radius 3 is 2.30 bits per heavy atom. The third kappa shape index (κ3) is 7.14. The van der Waals surface area contributed by atoms with Crippen LogP contribution in [0, 0.1) is 6.92 Å². The summed E-state index contributed by atoms with van der Waals surface area (Å²) in [5.74, 6) is 0.191. The van der Waals surface area contributed by atoms with Gasteiger partial charge >= 0.3 is 6.18 Å². The van der Waals surface area contributed by atoms with Crippen molar-refractivity contribution in [2.45, 2.75) is 37.4 Å². The van der Waals surface area contributed by atoms with Crippen LogP contribution in [0.15, 0.2) is 77.7 Å². The van der Waals surface area contributed by atoms with Crippen molar-refractivity contribution in [1.82, 2.24) is 9.62 Å². The van der Waals surface area contributed by atoms with Gasteiger partial charge < -0.3 is 14.5 Å². The summed E-state index contributed by atoms with van der Waals surface area (Å²) in [6.45, 7) is 5.14. The topological polar surface area (TPSA) is 78.9 Å². The lowest BCUT2D eigenvalue weighted by molar-refractivity contribution is -0.137. The van der Waals surface area contributed by atoms with Crippen LogP contribution in [0.4, 0.5) is 18.9 Å². The molecule has 3 aromatic carbocycles. The molecule has 1 saturated heterocycles. The monoisotopic (exact) mass is 575 g/mol. The number of rotatable bonds is 9. The number of ether oxygens (including phenoxy) is 1. The number of hydrogen-bond acceptors (Lipinski definition) is 5. The number of sulfonamides is 1. The van der Waals surface area contributed by atoms with Gasteiger partial charge in [-0.25, -0.2) is 8.42 Å². The van der Waals surface area contributed by atoms with Crippen molar-refractivity contribution in [2.75, 3.05) is 37.7 Å². The van der Waals surface area contributed by atoms with Gasteiger partial charge in [0.15, 0.2) is 0 Å². The largest absolute Gasteiger partial charge is 0.494 e. The van der Waals surface area contributed by atoms with Crippen molar-refractivity contribution in [2.24, 2.45) is 0 Å². The van der Waals surface area contributed by atoms with Gasteiger partial charge in [0, 0.05) is 31.9 Å². The normalized spacial score (nSPS) is 15.1. The van der Waals surface area contributed by atoms with Crippen molar-refractivity contribution < 1.29 is 31.1 Å². The number of alkyl halides is 3. The number of aryl methyl sites for hydroxylation is 1. The molecule has 0 spiro atoms. The molecule has 1 N–H and O–H groups in total. The molecule has 1 atom stereocenters. The molecule has 1 unspecified atom stereocenters. The van der Waals surface area contributed by atoms with Gasteiger partial charge in [0.05, 0.1) is 17.1 Å². The van der Waals surface area contributed by atoms with Gasteiger partial charge in [0.1, 0.15) is 11.8 Å². The molecule has 1 fully saturated rings. The molecule has 1 heterocycles. The Balaban J connectivity index is 1.51. The number of nitrogens with one attached hydrogen (secondary N) is 1. The van der Waals surface area contributed by atoms with E-state index in [1.165, 1.54) is 18.2 Å². The molecule has 0 radical (unpaired) electrons. The molecule has 7 nitrogen and oxygen atoms in total. The fraction of sp³-hybridized carbons (Fsp3) is 0.345. The second-order valence-corrected chi connectivity index (χ2v) is 11.3. The molecule has 0 bridgehead atoms. The van der Waals surface area contributed by atoms with E-state index in [1.807, 2.05) is 37.3 Å². The number of carbonyl (C=O) groups excluding carboxylic acids is 1. The van der Waals surface area contributed by atoms with Crippen LogP contribution in [0.3, 0.4) is 0 Å². The molecule has 1 aliphatic rings. The highest BCUT2D eigenvalue weighted by Gasteiger charge is 2.33. The Bertz CT molecular complexity index is 1420. The fourth-order valence-corrected chi connectivity index (χ4v) is 5.95. The minimum atomic E-state index is -4.45. The Morgan fingerprint density at radius 2 is 1.68 bits per heavy atom. The third-order valence-corrected chi connectivity index (χ3v) is 8.23. The molecule has 4 rings (SSSR count). The van der Waals surface area contributed by atoms with E-state index in [0.29, 0.717) is 36.7 Å². The maximum Gasteiger partial charge on any atom is 0.416 e. The minimum absolute atomic E-state index is 0.0219. The second kappa shape index (κ2) is 12.3. The van der Waals surface area contributed by atoms with Crippen molar-refractivity contribution >= 4 is 21.6 Å². The van der Waals surface area contributed by atoms with Crippen LogP contribution in [0.2, 0.25) is 0 Å². The summed E-state index contributed by atoms with van der Waals surface area (Å²) in [7, 11) is -4.06. The first kappa shape index (κ1) is 29.4. The van der Waals surface area contributed by atoms with E-state index in [2.05, 4.69) is 4.72 Å². The fourth-order valence-electron chi connectivity index (χ4n) is 4.68. The number of nitrogens with zero attached hydrogens (tertiary/aromatic N) is 2. The van der Waals surface area contributed by atoms with Crippen LogP contribution in [-0.2, 0) is 27.4 Å². The highest BCUT2D eigenvalue weighted by Crippen LogP contribution is 2.32. The Labute approximate surface area is 232 Å². The predicted molar refractivity (Wildman–Crippen MR) is 147 cm³/mol. The second-order valence-electron chi connectivity index (χ2n) is 9.58. The standard InChI is InChI=1S/C29H32F3N3O4S/c1-3-39-27-13-12-25(18-21(27)2)40(37,38)33-26(19-22-8-5-4-6-9-22)28(36)35-16-14-34(15-17-35)24-11-7-10-23(20-24)29(30,31)32/h4-13,18,20,26,33H,3,14-17,19H2,1-2H3. The SMILES string of the molecule is CCOc1ccc(S(=O)(=O)NC(Cc2ccccc2)C(=O)N2CCN(c3cccc(C(F)(F)F)c3)CC2)cc1C. The van der Waals surface area contributed by atoms with Crippen LogP contribution >= 0.6 is 0 Å². The van der Waals surface area contributed by atoms with Gasteiger partial charge in [-0.15, -0.1) is 0 Å². The van der Waals surface area contributed by atoms with E-state index in [-0.39, 0.29) is 24.4 Å². The summed E-state index contributed by atoms with van der Waals surface area (Å²) in [5.41, 5.74) is 1.13. The third-order valence-electron chi connectivity index (χ3n) is 6.76. The molecular weight excluding hydrogens is 543 g/mol. The van der Waals surface area contributed by atoms with Gasteiger partial charge in [-0.2, -0.15) is 17.9 Å². The predicted octanol–water partition coefficient (Wildman–Crippen LogP) is 4.65. The maximum atomic E-state index is 13.7. The summed E-state index contributed by atoms with van der Waals surface area (Å²) in [6.07, 6.45) is -4.31. The minimum Gasteiger partial charge on any atom is -0.494 e. The first-order valence-electron chi connectivity index (χ1n) is 13.0. The molecule has 11 heteroatoms. The first-order valence-corrected chi connectivity index (χ1v) is 14.5. The number of anilines is 1. The average molecular weight is 576 g/mol. The van der Waals surface area contributed by atoms with E-state index in [1.54, 1.807) is 28.9 Å². The van der Waals surface area contributed by atoms with Crippen LogP contribution in [0.25, 0.3) is 0 Å². The summed E-state index contributed by atoms with van der Waals surface area (Å²) < 4.78 is 74.4. The maximum absolute atomic E-state index is 13.7. The van der Waals surface area contributed by atoms with Crippen LogP contribution in [0.5, 0.6) is 5.75 Å². The lowest BCUT2D eigenvalue weighted by atomic mass is 10.1. The van der Waals surface area contributed by atoms with Gasteiger partial charge in [0.25, 0.3) is 0 Å². The summed E-state index contributed by atoms with van der Waals surface area (Å²) >= 11 is 0. The average Bonchev–Trinajstić information content (AvgIpc) is 2.93. The summed E-state index contributed by atoms with van der Waals surface area (Å²) in [6, 6.07) is 17.7. The van der Waals surface area contributed by atoms with E-state index < -0.39 is 33.7 Å². The molecule has 1 amide bonds. The van der Waals surface area contributed by atoms with Crippen LogP contribution in [-0.4, -0.2) is 58.1 Å². The number of hydrogen-bond donors (Lipinski definition) is 1. The molecule has 3 aromatic rings. The van der Waals surface area contributed by atoms with Gasteiger partial charge in [0.2, 0.25) is 15.9 Å². The lowest BCUT2D eigenvalue weighted by Crippen LogP contribution is -2.55. The molecule has 1 aliphatic heterocycles. The van der Waals surface area contributed by atoms with E-state index in [0.717, 1.165) is 17.7 Å². The van der Waals surface area contributed by atoms with Crippen molar-refractivity contribution in [3.8, 4) is 5.75 Å². The summed E-state index contributed by atoms with van der Waals surface area (Å²) in [4.78, 5) is 17.0. The van der Waals surface area contributed by atoms with Crippen molar-refractivity contribution in [3.63, 3.8) is 0 Å². The zero-order valence-corrected chi connectivity index (χ0v) is 23.1. The number of piperazine rings is 1. The van der Waals surface area contributed by atoms with E-state index >= 15 is 0 Å². The zero-order chi connectivity index (χ0) is 28.9. The Kier molecular flexibility index (Phi) is 9.05. The zero-order valence-electron chi connectivity index (χ0n) is 22.3. The number of benzene rings is 3. The highest BCUT2D eigenvalue weighted by molar-refractivity contribution is 7.89. The van der Waals surface area contributed by atoms with E-state index in [9.17, 15) is 26.4 Å². The van der Waals surface area contributed by atoms with Gasteiger partial charge in [-0.1, -0.05) is 36.4 Å². The Morgan fingerprint density at radius 1 is 0.975 bits per heavy atom. The van der Waals surface area contributed by atoms with Gasteiger partial charge in [-0.05, 0) is 67.8 Å². The molecular formula is C29H32F3N3O4S. The smallest absolute Gasteiger partial charge is 0.416 e. The Hall–Kier alpha value is -3.57. The molecule has 0 saturated carbocycles. The molecule has 214 valence electrons.